The highest BCUT2D eigenvalue weighted by Crippen LogP contribution is 2.35. The van der Waals surface area contributed by atoms with Gasteiger partial charge in [-0.1, -0.05) is 27.2 Å². The molecule has 0 N–H and O–H groups in total. The van der Waals surface area contributed by atoms with Gasteiger partial charge in [-0.2, -0.15) is 22.0 Å². The molecule has 0 fully saturated rings. The molecule has 6 nitrogen and oxygen atoms in total. The molecule has 0 aliphatic heterocycles. The molecule has 0 aromatic rings. The van der Waals surface area contributed by atoms with Crippen molar-refractivity contribution in [3.63, 3.8) is 0 Å². The first-order chi connectivity index (χ1) is 11.7. The zero-order valence-corrected chi connectivity index (χ0v) is 14.6. The number of carbonyl (C=O) groups is 3. The van der Waals surface area contributed by atoms with Crippen LogP contribution in [0.15, 0.2) is 0 Å². The van der Waals surface area contributed by atoms with Crippen LogP contribution < -0.4 is 0 Å². The lowest BCUT2D eigenvalue weighted by Gasteiger charge is -2.21. The van der Waals surface area contributed by atoms with Crippen molar-refractivity contribution in [3.05, 3.63) is 0 Å². The van der Waals surface area contributed by atoms with Gasteiger partial charge in [0.1, 0.15) is 6.42 Å². The summed E-state index contributed by atoms with van der Waals surface area (Å²) in [5.41, 5.74) is -0.0715. The molecule has 0 amide bonds. The Morgan fingerprint density at radius 2 is 1.35 bits per heavy atom. The summed E-state index contributed by atoms with van der Waals surface area (Å²) < 4.78 is 73.3. The van der Waals surface area contributed by atoms with Crippen LogP contribution in [-0.4, -0.2) is 43.4 Å². The average Bonchev–Trinajstić information content (AvgIpc) is 2.50. The molecule has 0 unspecified atom stereocenters. The standard InChI is InChI=1S/C15H21F5O6/c1-4-13(2,3)6-5-10(21)25-9-26-12(23)7-11(22)24-8-14(16,17)15(18,19)20/h4-9H2,1-3H3. The Morgan fingerprint density at radius 3 is 1.85 bits per heavy atom. The fourth-order valence-corrected chi connectivity index (χ4v) is 1.32. The maximum absolute atomic E-state index is 12.5. The van der Waals surface area contributed by atoms with E-state index < -0.39 is 49.8 Å². The number of carbonyl (C=O) groups excluding carboxylic acids is 3. The fourth-order valence-electron chi connectivity index (χ4n) is 1.32. The van der Waals surface area contributed by atoms with Gasteiger partial charge >= 0.3 is 30.0 Å². The van der Waals surface area contributed by atoms with E-state index in [9.17, 15) is 36.3 Å². The van der Waals surface area contributed by atoms with E-state index in [0.29, 0.717) is 6.42 Å². The maximum atomic E-state index is 12.5. The van der Waals surface area contributed by atoms with Crippen LogP contribution in [0.1, 0.15) is 46.5 Å². The predicted octanol–water partition coefficient (Wildman–Crippen LogP) is 3.38. The zero-order valence-electron chi connectivity index (χ0n) is 14.6. The van der Waals surface area contributed by atoms with Crippen LogP contribution in [0.2, 0.25) is 0 Å². The molecule has 0 atom stereocenters. The van der Waals surface area contributed by atoms with Crippen LogP contribution in [0.3, 0.4) is 0 Å². The molecule has 0 spiro atoms. The van der Waals surface area contributed by atoms with Gasteiger partial charge in [0.2, 0.25) is 6.79 Å². The molecular formula is C15H21F5O6. The molecule has 0 aromatic heterocycles. The topological polar surface area (TPSA) is 78.9 Å². The van der Waals surface area contributed by atoms with Crippen molar-refractivity contribution >= 4 is 17.9 Å². The van der Waals surface area contributed by atoms with Gasteiger partial charge in [-0.15, -0.1) is 0 Å². The summed E-state index contributed by atoms with van der Waals surface area (Å²) >= 11 is 0. The summed E-state index contributed by atoms with van der Waals surface area (Å²) in [6.45, 7) is 2.81. The summed E-state index contributed by atoms with van der Waals surface area (Å²) in [4.78, 5) is 33.7. The molecule has 0 radical (unpaired) electrons. The highest BCUT2D eigenvalue weighted by molar-refractivity contribution is 5.91. The number of hydrogen-bond donors (Lipinski definition) is 0. The van der Waals surface area contributed by atoms with Gasteiger partial charge in [-0.3, -0.25) is 14.4 Å². The lowest BCUT2D eigenvalue weighted by atomic mass is 9.85. The molecule has 0 saturated heterocycles. The van der Waals surface area contributed by atoms with Crippen LogP contribution in [0.5, 0.6) is 0 Å². The Morgan fingerprint density at radius 1 is 0.846 bits per heavy atom. The summed E-state index contributed by atoms with van der Waals surface area (Å²) in [5.74, 6) is -8.80. The van der Waals surface area contributed by atoms with E-state index in [1.54, 1.807) is 0 Å². The molecule has 0 bridgehead atoms. The van der Waals surface area contributed by atoms with Crippen molar-refractivity contribution in [3.8, 4) is 0 Å². The summed E-state index contributed by atoms with van der Waals surface area (Å²) in [7, 11) is 0. The van der Waals surface area contributed by atoms with Crippen molar-refractivity contribution in [1.82, 2.24) is 0 Å². The van der Waals surface area contributed by atoms with Gasteiger partial charge in [-0.25, -0.2) is 0 Å². The fraction of sp³-hybridized carbons (Fsp3) is 0.800. The lowest BCUT2D eigenvalue weighted by Crippen LogP contribution is -2.41. The van der Waals surface area contributed by atoms with Crippen LogP contribution >= 0.6 is 0 Å². The minimum atomic E-state index is -5.88. The molecule has 152 valence electrons. The second-order valence-corrected chi connectivity index (χ2v) is 6.21. The Labute approximate surface area is 147 Å². The second-order valence-electron chi connectivity index (χ2n) is 6.21. The van der Waals surface area contributed by atoms with Crippen LogP contribution in [-0.2, 0) is 28.6 Å². The minimum absolute atomic E-state index is 0.0715. The molecule has 0 aliphatic carbocycles. The molecular weight excluding hydrogens is 371 g/mol. The summed E-state index contributed by atoms with van der Waals surface area (Å²) in [6.07, 6.45) is -5.63. The molecule has 26 heavy (non-hydrogen) atoms. The van der Waals surface area contributed by atoms with Crippen LogP contribution in [0, 0.1) is 5.41 Å². The largest absolute Gasteiger partial charge is 0.458 e. The van der Waals surface area contributed by atoms with Crippen molar-refractivity contribution in [2.75, 3.05) is 13.4 Å². The smallest absolute Gasteiger partial charge is 0.456 e. The Balaban J connectivity index is 4.05. The Kier molecular flexibility index (Phi) is 8.95. The van der Waals surface area contributed by atoms with Crippen molar-refractivity contribution in [2.24, 2.45) is 5.41 Å². The molecule has 0 saturated carbocycles. The first-order valence-corrected chi connectivity index (χ1v) is 7.61. The third-order valence-corrected chi connectivity index (χ3v) is 3.52. The summed E-state index contributed by atoms with van der Waals surface area (Å²) in [5, 5.41) is 0. The number of esters is 3. The van der Waals surface area contributed by atoms with E-state index in [1.165, 1.54) is 0 Å². The molecule has 0 heterocycles. The van der Waals surface area contributed by atoms with Gasteiger partial charge in [-0.05, 0) is 11.8 Å². The monoisotopic (exact) mass is 392 g/mol. The average molecular weight is 392 g/mol. The number of ether oxygens (including phenoxy) is 3. The zero-order chi connectivity index (χ0) is 20.6. The van der Waals surface area contributed by atoms with E-state index in [0.717, 1.165) is 6.42 Å². The molecule has 0 aromatic carbocycles. The number of halogens is 5. The van der Waals surface area contributed by atoms with Gasteiger partial charge < -0.3 is 14.2 Å². The van der Waals surface area contributed by atoms with E-state index in [4.69, 9.17) is 0 Å². The number of alkyl halides is 5. The number of rotatable bonds is 10. The van der Waals surface area contributed by atoms with E-state index in [1.807, 2.05) is 20.8 Å². The van der Waals surface area contributed by atoms with E-state index in [-0.39, 0.29) is 11.8 Å². The van der Waals surface area contributed by atoms with E-state index >= 15 is 0 Å². The SMILES string of the molecule is CCC(C)(C)CCC(=O)OCOC(=O)CC(=O)OCC(F)(F)C(F)(F)F. The van der Waals surface area contributed by atoms with Gasteiger partial charge in [0.25, 0.3) is 0 Å². The highest BCUT2D eigenvalue weighted by Gasteiger charge is 2.58. The highest BCUT2D eigenvalue weighted by atomic mass is 19.4. The molecule has 0 rings (SSSR count). The van der Waals surface area contributed by atoms with Crippen molar-refractivity contribution in [1.29, 1.82) is 0 Å². The number of hydrogen-bond acceptors (Lipinski definition) is 6. The first-order valence-electron chi connectivity index (χ1n) is 7.61. The van der Waals surface area contributed by atoms with Crippen molar-refractivity contribution < 1.29 is 50.5 Å². The minimum Gasteiger partial charge on any atom is -0.458 e. The predicted molar refractivity (Wildman–Crippen MR) is 76.9 cm³/mol. The Bertz CT molecular complexity index is 501. The van der Waals surface area contributed by atoms with Gasteiger partial charge in [0.05, 0.1) is 0 Å². The van der Waals surface area contributed by atoms with Crippen LogP contribution in [0.25, 0.3) is 0 Å². The first kappa shape index (κ1) is 24.1. The maximum Gasteiger partial charge on any atom is 0.456 e. The normalized spacial score (nSPS) is 12.5. The summed E-state index contributed by atoms with van der Waals surface area (Å²) in [6, 6.07) is 0. The van der Waals surface area contributed by atoms with Gasteiger partial charge in [0.15, 0.2) is 6.61 Å². The quantitative estimate of drug-likeness (QED) is 0.245. The van der Waals surface area contributed by atoms with Gasteiger partial charge in [0, 0.05) is 6.42 Å². The van der Waals surface area contributed by atoms with E-state index in [2.05, 4.69) is 14.2 Å². The molecule has 11 heteroatoms. The van der Waals surface area contributed by atoms with Crippen molar-refractivity contribution in [2.45, 2.75) is 58.6 Å². The lowest BCUT2D eigenvalue weighted by molar-refractivity contribution is -0.294. The van der Waals surface area contributed by atoms with Crippen LogP contribution in [0.4, 0.5) is 22.0 Å². The molecule has 0 aliphatic rings. The second kappa shape index (κ2) is 9.67. The third kappa shape index (κ3) is 9.52. The Hall–Kier alpha value is -1.94. The third-order valence-electron chi connectivity index (χ3n) is 3.52.